The lowest BCUT2D eigenvalue weighted by Gasteiger charge is -2.19. The highest BCUT2D eigenvalue weighted by Crippen LogP contribution is 2.27. The van der Waals surface area contributed by atoms with Crippen molar-refractivity contribution in [1.82, 2.24) is 14.5 Å². The first kappa shape index (κ1) is 25.4. The van der Waals surface area contributed by atoms with E-state index >= 15 is 0 Å². The van der Waals surface area contributed by atoms with E-state index in [2.05, 4.69) is 4.98 Å². The zero-order valence-electron chi connectivity index (χ0n) is 21.0. The standard InChI is InChI=1S/C27H31N3O6/c1-17(31)15-29-22-14-18(35-13-7-10-24(32)36-27(2,3)4)11-12-21(22)28-23(29)16-30-25(33)19-8-5-6-9-20(19)26(30)34/h5-6,8-9,11-12,14,17,31H,7,10,13,15-16H2,1-4H3/t17-/m0/s1. The predicted octanol–water partition coefficient (Wildman–Crippen LogP) is 3.71. The van der Waals surface area contributed by atoms with E-state index in [4.69, 9.17) is 9.47 Å². The molecule has 1 aliphatic heterocycles. The van der Waals surface area contributed by atoms with E-state index in [0.717, 1.165) is 0 Å². The first-order chi connectivity index (χ1) is 17.0. The summed E-state index contributed by atoms with van der Waals surface area (Å²) in [5, 5.41) is 10.1. The van der Waals surface area contributed by atoms with Crippen LogP contribution in [0.15, 0.2) is 42.5 Å². The van der Waals surface area contributed by atoms with Crippen LogP contribution >= 0.6 is 0 Å². The number of esters is 1. The molecule has 0 saturated heterocycles. The molecule has 4 rings (SSSR count). The van der Waals surface area contributed by atoms with Crippen LogP contribution in [0.4, 0.5) is 0 Å². The van der Waals surface area contributed by atoms with E-state index in [1.807, 2.05) is 26.8 Å². The molecular weight excluding hydrogens is 462 g/mol. The van der Waals surface area contributed by atoms with Crippen LogP contribution in [0.5, 0.6) is 5.75 Å². The topological polar surface area (TPSA) is 111 Å². The molecule has 2 heterocycles. The lowest BCUT2D eigenvalue weighted by molar-refractivity contribution is -0.155. The normalized spacial score (nSPS) is 14.3. The molecule has 2 amide bonds. The Hall–Kier alpha value is -3.72. The van der Waals surface area contributed by atoms with E-state index in [1.54, 1.807) is 47.9 Å². The van der Waals surface area contributed by atoms with Gasteiger partial charge in [-0.1, -0.05) is 12.1 Å². The third-order valence-corrected chi connectivity index (χ3v) is 5.64. The van der Waals surface area contributed by atoms with Crippen molar-refractivity contribution in [3.63, 3.8) is 0 Å². The number of carbonyl (C=O) groups excluding carboxylic acids is 3. The van der Waals surface area contributed by atoms with Crippen molar-refractivity contribution in [2.45, 2.75) is 65.3 Å². The zero-order chi connectivity index (χ0) is 26.0. The monoisotopic (exact) mass is 493 g/mol. The molecule has 190 valence electrons. The Kier molecular flexibility index (Phi) is 7.12. The SMILES string of the molecule is C[C@H](O)Cn1c(CN2C(=O)c3ccccc3C2=O)nc2ccc(OCCCC(=O)OC(C)(C)C)cc21. The Balaban J connectivity index is 1.50. The van der Waals surface area contributed by atoms with Gasteiger partial charge in [0.15, 0.2) is 0 Å². The van der Waals surface area contributed by atoms with Crippen LogP contribution in [0.3, 0.4) is 0 Å². The summed E-state index contributed by atoms with van der Waals surface area (Å²) in [7, 11) is 0. The van der Waals surface area contributed by atoms with Crippen molar-refractivity contribution in [2.75, 3.05) is 6.61 Å². The van der Waals surface area contributed by atoms with Crippen LogP contribution in [0.1, 0.15) is 67.1 Å². The summed E-state index contributed by atoms with van der Waals surface area (Å²) in [6.45, 7) is 7.70. The second kappa shape index (κ2) is 10.1. The van der Waals surface area contributed by atoms with Gasteiger partial charge in [0, 0.05) is 12.5 Å². The first-order valence-electron chi connectivity index (χ1n) is 12.0. The summed E-state index contributed by atoms with van der Waals surface area (Å²) in [4.78, 5) is 43.4. The Morgan fingerprint density at radius 1 is 1.08 bits per heavy atom. The summed E-state index contributed by atoms with van der Waals surface area (Å²) in [6.07, 6.45) is 0.0798. The van der Waals surface area contributed by atoms with Crippen LogP contribution in [0, 0.1) is 0 Å². The van der Waals surface area contributed by atoms with Crippen LogP contribution in [0.25, 0.3) is 11.0 Å². The van der Waals surface area contributed by atoms with Gasteiger partial charge in [0.05, 0.1) is 48.0 Å². The molecule has 36 heavy (non-hydrogen) atoms. The number of hydrogen-bond donors (Lipinski definition) is 1. The van der Waals surface area contributed by atoms with E-state index in [1.165, 1.54) is 4.90 Å². The fraction of sp³-hybridized carbons (Fsp3) is 0.407. The van der Waals surface area contributed by atoms with Crippen molar-refractivity contribution >= 4 is 28.8 Å². The number of aliphatic hydroxyl groups is 1. The van der Waals surface area contributed by atoms with Crippen LogP contribution < -0.4 is 4.74 Å². The highest BCUT2D eigenvalue weighted by Gasteiger charge is 2.36. The van der Waals surface area contributed by atoms with Crippen LogP contribution in [-0.4, -0.2) is 55.7 Å². The molecule has 0 spiro atoms. The maximum Gasteiger partial charge on any atom is 0.306 e. The first-order valence-corrected chi connectivity index (χ1v) is 12.0. The molecule has 0 aliphatic carbocycles. The lowest BCUT2D eigenvalue weighted by atomic mass is 10.1. The van der Waals surface area contributed by atoms with Gasteiger partial charge in [-0.05, 0) is 58.4 Å². The number of carbonyl (C=O) groups is 3. The highest BCUT2D eigenvalue weighted by atomic mass is 16.6. The van der Waals surface area contributed by atoms with Gasteiger partial charge in [-0.2, -0.15) is 0 Å². The number of hydrogen-bond acceptors (Lipinski definition) is 7. The fourth-order valence-corrected chi connectivity index (χ4v) is 4.15. The molecule has 1 aromatic heterocycles. The Bertz CT molecular complexity index is 1270. The van der Waals surface area contributed by atoms with Gasteiger partial charge in [0.25, 0.3) is 11.8 Å². The fourth-order valence-electron chi connectivity index (χ4n) is 4.15. The molecule has 9 nitrogen and oxygen atoms in total. The average Bonchev–Trinajstić information content (AvgIpc) is 3.25. The van der Waals surface area contributed by atoms with Gasteiger partial charge in [-0.3, -0.25) is 19.3 Å². The van der Waals surface area contributed by atoms with Crippen molar-refractivity contribution in [3.8, 4) is 5.75 Å². The Morgan fingerprint density at radius 3 is 2.36 bits per heavy atom. The van der Waals surface area contributed by atoms with E-state index in [-0.39, 0.29) is 37.3 Å². The van der Waals surface area contributed by atoms with Gasteiger partial charge in [-0.25, -0.2) is 4.98 Å². The van der Waals surface area contributed by atoms with Gasteiger partial charge in [0.2, 0.25) is 0 Å². The van der Waals surface area contributed by atoms with E-state index in [9.17, 15) is 19.5 Å². The van der Waals surface area contributed by atoms with Crippen molar-refractivity contribution in [2.24, 2.45) is 0 Å². The Labute approximate surface area is 209 Å². The molecule has 9 heteroatoms. The Morgan fingerprint density at radius 2 is 1.75 bits per heavy atom. The minimum absolute atomic E-state index is 0.0141. The number of imidazole rings is 1. The zero-order valence-corrected chi connectivity index (χ0v) is 21.0. The van der Waals surface area contributed by atoms with Crippen LogP contribution in [-0.2, 0) is 22.6 Å². The molecule has 0 fully saturated rings. The summed E-state index contributed by atoms with van der Waals surface area (Å²) in [5.41, 5.74) is 1.61. The largest absolute Gasteiger partial charge is 0.494 e. The molecule has 0 unspecified atom stereocenters. The number of nitrogens with zero attached hydrogens (tertiary/aromatic N) is 3. The lowest BCUT2D eigenvalue weighted by Crippen LogP contribution is -2.31. The third kappa shape index (κ3) is 5.57. The number of imide groups is 1. The van der Waals surface area contributed by atoms with Crippen LogP contribution in [0.2, 0.25) is 0 Å². The van der Waals surface area contributed by atoms with Gasteiger partial charge in [0.1, 0.15) is 17.2 Å². The average molecular weight is 494 g/mol. The number of rotatable bonds is 9. The molecular formula is C27H31N3O6. The predicted molar refractivity (Wildman–Crippen MR) is 133 cm³/mol. The number of benzene rings is 2. The summed E-state index contributed by atoms with van der Waals surface area (Å²) in [5.74, 6) is 0.0862. The van der Waals surface area contributed by atoms with Gasteiger partial charge >= 0.3 is 5.97 Å². The molecule has 0 bridgehead atoms. The minimum atomic E-state index is -0.679. The molecule has 2 aromatic carbocycles. The molecule has 0 radical (unpaired) electrons. The molecule has 1 N–H and O–H groups in total. The van der Waals surface area contributed by atoms with Gasteiger partial charge in [-0.15, -0.1) is 0 Å². The number of aliphatic hydroxyl groups excluding tert-OH is 1. The molecule has 1 atom stereocenters. The second-order valence-electron chi connectivity index (χ2n) is 9.92. The smallest absolute Gasteiger partial charge is 0.306 e. The number of fused-ring (bicyclic) bond motifs is 2. The molecule has 1 aliphatic rings. The van der Waals surface area contributed by atoms with Gasteiger partial charge < -0.3 is 19.1 Å². The maximum absolute atomic E-state index is 12.9. The van der Waals surface area contributed by atoms with E-state index < -0.39 is 11.7 Å². The number of aromatic nitrogens is 2. The second-order valence-corrected chi connectivity index (χ2v) is 9.92. The van der Waals surface area contributed by atoms with Crippen molar-refractivity contribution < 1.29 is 29.0 Å². The highest BCUT2D eigenvalue weighted by molar-refractivity contribution is 6.21. The maximum atomic E-state index is 12.9. The summed E-state index contributed by atoms with van der Waals surface area (Å²) < 4.78 is 13.0. The van der Waals surface area contributed by atoms with Crippen molar-refractivity contribution in [3.05, 3.63) is 59.4 Å². The summed E-state index contributed by atoms with van der Waals surface area (Å²) in [6, 6.07) is 12.1. The summed E-state index contributed by atoms with van der Waals surface area (Å²) >= 11 is 0. The minimum Gasteiger partial charge on any atom is -0.494 e. The number of amides is 2. The molecule has 3 aromatic rings. The quantitative estimate of drug-likeness (QED) is 0.275. The van der Waals surface area contributed by atoms with Crippen molar-refractivity contribution in [1.29, 1.82) is 0 Å². The number of ether oxygens (including phenoxy) is 2. The third-order valence-electron chi connectivity index (χ3n) is 5.64. The van der Waals surface area contributed by atoms with E-state index in [0.29, 0.717) is 46.8 Å². The molecule has 0 saturated carbocycles.